The molecule has 3 heterocycles. The average Bonchev–Trinajstić information content (AvgIpc) is 2.67. The van der Waals surface area contributed by atoms with Gasteiger partial charge in [-0.1, -0.05) is 13.3 Å². The van der Waals surface area contributed by atoms with Crippen LogP contribution in [0.25, 0.3) is 11.4 Å². The monoisotopic (exact) mass is 383 g/mol. The number of anilines is 1. The van der Waals surface area contributed by atoms with E-state index < -0.39 is 0 Å². The smallest absolute Gasteiger partial charge is 0.251 e. The van der Waals surface area contributed by atoms with E-state index >= 15 is 0 Å². The molecule has 150 valence electrons. The molecule has 1 amide bonds. The van der Waals surface area contributed by atoms with Gasteiger partial charge in [-0.3, -0.25) is 9.59 Å². The summed E-state index contributed by atoms with van der Waals surface area (Å²) < 4.78 is 0. The van der Waals surface area contributed by atoms with E-state index in [0.717, 1.165) is 43.6 Å². The number of carbonyl (C=O) groups excluding carboxylic acids is 1. The molecular weight excluding hydrogens is 354 g/mol. The molecule has 0 aromatic carbocycles. The zero-order chi connectivity index (χ0) is 20.1. The minimum atomic E-state index is -0.172. The number of rotatable bonds is 6. The SMILES string of the molecule is CCCC(C)NC(=O)C1CCCN(c2ccc(-c3nc(C)cc(=O)[nH]3)cn2)C1. The molecule has 3 rings (SSSR count). The minimum absolute atomic E-state index is 0.00988. The molecule has 28 heavy (non-hydrogen) atoms. The molecule has 1 aliphatic rings. The van der Waals surface area contributed by atoms with Crippen molar-refractivity contribution >= 4 is 11.7 Å². The Morgan fingerprint density at radius 2 is 2.25 bits per heavy atom. The highest BCUT2D eigenvalue weighted by atomic mass is 16.2. The van der Waals surface area contributed by atoms with Gasteiger partial charge < -0.3 is 15.2 Å². The van der Waals surface area contributed by atoms with E-state index in [1.165, 1.54) is 6.07 Å². The van der Waals surface area contributed by atoms with Crippen molar-refractivity contribution in [3.63, 3.8) is 0 Å². The molecule has 2 unspecified atom stereocenters. The van der Waals surface area contributed by atoms with Crippen molar-refractivity contribution in [2.24, 2.45) is 5.92 Å². The van der Waals surface area contributed by atoms with Crippen LogP contribution in [0.2, 0.25) is 0 Å². The van der Waals surface area contributed by atoms with Crippen LogP contribution in [0.5, 0.6) is 0 Å². The van der Waals surface area contributed by atoms with Crippen molar-refractivity contribution in [2.45, 2.75) is 52.5 Å². The first kappa shape index (κ1) is 20.0. The lowest BCUT2D eigenvalue weighted by molar-refractivity contribution is -0.125. The van der Waals surface area contributed by atoms with Gasteiger partial charge in [-0.15, -0.1) is 0 Å². The molecule has 2 atom stereocenters. The predicted octanol–water partition coefficient (Wildman–Crippen LogP) is 2.66. The molecule has 0 spiro atoms. The Morgan fingerprint density at radius 3 is 2.93 bits per heavy atom. The summed E-state index contributed by atoms with van der Waals surface area (Å²) in [5.74, 6) is 1.50. The summed E-state index contributed by atoms with van der Waals surface area (Å²) in [5.41, 5.74) is 1.27. The second-order valence-electron chi connectivity index (χ2n) is 7.62. The summed E-state index contributed by atoms with van der Waals surface area (Å²) in [7, 11) is 0. The van der Waals surface area contributed by atoms with Gasteiger partial charge in [0.15, 0.2) is 0 Å². The topological polar surface area (TPSA) is 91.0 Å². The highest BCUT2D eigenvalue weighted by molar-refractivity contribution is 5.79. The maximum atomic E-state index is 12.6. The highest BCUT2D eigenvalue weighted by Gasteiger charge is 2.27. The van der Waals surface area contributed by atoms with Crippen LogP contribution < -0.4 is 15.8 Å². The van der Waals surface area contributed by atoms with Crippen LogP contribution in [0.4, 0.5) is 5.82 Å². The molecule has 7 heteroatoms. The van der Waals surface area contributed by atoms with Gasteiger partial charge in [0.25, 0.3) is 5.56 Å². The summed E-state index contributed by atoms with van der Waals surface area (Å²) in [4.78, 5) is 38.0. The van der Waals surface area contributed by atoms with Crippen molar-refractivity contribution in [3.05, 3.63) is 40.4 Å². The number of H-pyrrole nitrogens is 1. The minimum Gasteiger partial charge on any atom is -0.356 e. The van der Waals surface area contributed by atoms with Crippen LogP contribution in [0.15, 0.2) is 29.2 Å². The van der Waals surface area contributed by atoms with Crippen molar-refractivity contribution in [2.75, 3.05) is 18.0 Å². The van der Waals surface area contributed by atoms with Crippen molar-refractivity contribution < 1.29 is 4.79 Å². The molecule has 1 aliphatic heterocycles. The number of piperidine rings is 1. The zero-order valence-electron chi connectivity index (χ0n) is 16.9. The Hall–Kier alpha value is -2.70. The molecule has 2 aromatic heterocycles. The zero-order valence-corrected chi connectivity index (χ0v) is 16.9. The largest absolute Gasteiger partial charge is 0.356 e. The molecule has 0 radical (unpaired) electrons. The van der Waals surface area contributed by atoms with Crippen LogP contribution >= 0.6 is 0 Å². The fraction of sp³-hybridized carbons (Fsp3) is 0.524. The molecule has 1 fully saturated rings. The normalized spacial score (nSPS) is 18.0. The lowest BCUT2D eigenvalue weighted by atomic mass is 9.96. The Kier molecular flexibility index (Phi) is 6.44. The van der Waals surface area contributed by atoms with Gasteiger partial charge >= 0.3 is 0 Å². The van der Waals surface area contributed by atoms with Crippen molar-refractivity contribution in [3.8, 4) is 11.4 Å². The first-order valence-corrected chi connectivity index (χ1v) is 10.1. The van der Waals surface area contributed by atoms with E-state index in [2.05, 4.69) is 39.0 Å². The fourth-order valence-corrected chi connectivity index (χ4v) is 3.69. The number of aromatic amines is 1. The Labute approximate surface area is 165 Å². The van der Waals surface area contributed by atoms with E-state index in [4.69, 9.17) is 0 Å². The van der Waals surface area contributed by atoms with Gasteiger partial charge in [-0.25, -0.2) is 9.97 Å². The van der Waals surface area contributed by atoms with Gasteiger partial charge in [0.2, 0.25) is 5.91 Å². The second kappa shape index (κ2) is 8.99. The molecule has 0 bridgehead atoms. The predicted molar refractivity (Wildman–Crippen MR) is 110 cm³/mol. The summed E-state index contributed by atoms with van der Waals surface area (Å²) in [6.45, 7) is 7.55. The average molecular weight is 383 g/mol. The van der Waals surface area contributed by atoms with Crippen LogP contribution in [-0.4, -0.2) is 40.0 Å². The Morgan fingerprint density at radius 1 is 1.43 bits per heavy atom. The third kappa shape index (κ3) is 4.97. The van der Waals surface area contributed by atoms with Gasteiger partial charge in [0.1, 0.15) is 11.6 Å². The van der Waals surface area contributed by atoms with E-state index in [9.17, 15) is 9.59 Å². The number of hydrogen-bond donors (Lipinski definition) is 2. The third-order valence-electron chi connectivity index (χ3n) is 5.12. The number of aryl methyl sites for hydroxylation is 1. The maximum Gasteiger partial charge on any atom is 0.251 e. The first-order chi connectivity index (χ1) is 13.5. The Bertz CT molecular complexity index is 862. The van der Waals surface area contributed by atoms with Gasteiger partial charge in [0, 0.05) is 42.7 Å². The molecule has 2 aromatic rings. The van der Waals surface area contributed by atoms with E-state index in [-0.39, 0.29) is 23.4 Å². The lowest BCUT2D eigenvalue weighted by Crippen LogP contribution is -2.45. The molecular formula is C21H29N5O2. The van der Waals surface area contributed by atoms with E-state index in [1.807, 2.05) is 12.1 Å². The summed E-state index contributed by atoms with van der Waals surface area (Å²) >= 11 is 0. The van der Waals surface area contributed by atoms with Gasteiger partial charge in [0.05, 0.1) is 5.92 Å². The Balaban J connectivity index is 1.68. The summed E-state index contributed by atoms with van der Waals surface area (Å²) in [6, 6.07) is 5.52. The van der Waals surface area contributed by atoms with Gasteiger partial charge in [-0.05, 0) is 45.2 Å². The standard InChI is InChI=1S/C21H29N5O2/c1-4-6-14(2)24-21(28)17-7-5-10-26(13-17)18-9-8-16(12-22-18)20-23-15(3)11-19(27)25-20/h8-9,11-12,14,17H,4-7,10,13H2,1-3H3,(H,24,28)(H,23,25,27). The van der Waals surface area contributed by atoms with E-state index in [0.29, 0.717) is 18.1 Å². The fourth-order valence-electron chi connectivity index (χ4n) is 3.69. The van der Waals surface area contributed by atoms with E-state index in [1.54, 1.807) is 13.1 Å². The van der Waals surface area contributed by atoms with Crippen molar-refractivity contribution in [1.29, 1.82) is 0 Å². The lowest BCUT2D eigenvalue weighted by Gasteiger charge is -2.33. The van der Waals surface area contributed by atoms with Crippen LogP contribution in [0.3, 0.4) is 0 Å². The number of hydrogen-bond acceptors (Lipinski definition) is 5. The highest BCUT2D eigenvalue weighted by Crippen LogP contribution is 2.23. The molecule has 2 N–H and O–H groups in total. The number of aromatic nitrogens is 3. The van der Waals surface area contributed by atoms with Crippen LogP contribution in [0, 0.1) is 12.8 Å². The molecule has 7 nitrogen and oxygen atoms in total. The van der Waals surface area contributed by atoms with Crippen LogP contribution in [-0.2, 0) is 4.79 Å². The number of nitrogens with zero attached hydrogens (tertiary/aromatic N) is 3. The summed E-state index contributed by atoms with van der Waals surface area (Å²) in [5, 5.41) is 3.14. The first-order valence-electron chi connectivity index (χ1n) is 10.1. The molecule has 0 saturated carbocycles. The number of pyridine rings is 1. The molecule has 0 aliphatic carbocycles. The molecule has 1 saturated heterocycles. The van der Waals surface area contributed by atoms with Crippen molar-refractivity contribution in [1.82, 2.24) is 20.3 Å². The number of carbonyl (C=O) groups is 1. The number of amides is 1. The second-order valence-corrected chi connectivity index (χ2v) is 7.62. The maximum absolute atomic E-state index is 12.6. The quantitative estimate of drug-likeness (QED) is 0.800. The van der Waals surface area contributed by atoms with Crippen LogP contribution in [0.1, 0.15) is 45.2 Å². The third-order valence-corrected chi connectivity index (χ3v) is 5.12. The summed E-state index contributed by atoms with van der Waals surface area (Å²) in [6.07, 6.45) is 5.67. The van der Waals surface area contributed by atoms with Gasteiger partial charge in [-0.2, -0.15) is 0 Å². The number of nitrogens with one attached hydrogen (secondary N) is 2.